The van der Waals surface area contributed by atoms with Crippen molar-refractivity contribution in [3.63, 3.8) is 0 Å². The van der Waals surface area contributed by atoms with Gasteiger partial charge in [-0.3, -0.25) is 0 Å². The minimum Gasteiger partial charge on any atom is -0.421 e. The van der Waals surface area contributed by atoms with E-state index in [0.717, 1.165) is 12.1 Å². The van der Waals surface area contributed by atoms with Gasteiger partial charge in [0.05, 0.1) is 0 Å². The van der Waals surface area contributed by atoms with Crippen LogP contribution in [0.2, 0.25) is 0 Å². The summed E-state index contributed by atoms with van der Waals surface area (Å²) < 4.78 is 18.4. The lowest BCUT2D eigenvalue weighted by Gasteiger charge is -2.19. The summed E-state index contributed by atoms with van der Waals surface area (Å²) in [6, 6.07) is 6.00. The fourth-order valence-electron chi connectivity index (χ4n) is 1.61. The van der Waals surface area contributed by atoms with Gasteiger partial charge in [0.2, 0.25) is 11.8 Å². The normalized spacial score (nSPS) is 11.8. The minimum atomic E-state index is -0.280. The van der Waals surface area contributed by atoms with Gasteiger partial charge in [-0.2, -0.15) is 0 Å². The molecule has 2 rings (SSSR count). The molecule has 1 aromatic heterocycles. The van der Waals surface area contributed by atoms with Gasteiger partial charge in [-0.25, -0.2) is 4.39 Å². The molecule has 0 bridgehead atoms. The summed E-state index contributed by atoms with van der Waals surface area (Å²) in [5, 5.41) is 11.3. The van der Waals surface area contributed by atoms with Gasteiger partial charge >= 0.3 is 0 Å². The Hall–Kier alpha value is -1.75. The second kappa shape index (κ2) is 5.48. The maximum Gasteiger partial charge on any atom is 0.247 e. The van der Waals surface area contributed by atoms with E-state index < -0.39 is 0 Å². The van der Waals surface area contributed by atoms with Crippen LogP contribution in [0.5, 0.6) is 0 Å². The van der Waals surface area contributed by atoms with Gasteiger partial charge in [-0.15, -0.1) is 10.2 Å². The van der Waals surface area contributed by atoms with Crippen molar-refractivity contribution in [2.75, 3.05) is 6.54 Å². The Labute approximate surface area is 112 Å². The molecule has 0 saturated heterocycles. The summed E-state index contributed by atoms with van der Waals surface area (Å²) >= 11 is 0. The fraction of sp³-hybridized carbons (Fsp3) is 0.429. The molecule has 1 aromatic carbocycles. The lowest BCUT2D eigenvalue weighted by Crippen LogP contribution is -2.37. The number of halogens is 1. The Morgan fingerprint density at radius 2 is 1.84 bits per heavy atom. The quantitative estimate of drug-likeness (QED) is 0.921. The molecule has 0 aliphatic rings. The first kappa shape index (κ1) is 13.7. The zero-order chi connectivity index (χ0) is 13.9. The van der Waals surface area contributed by atoms with Crippen molar-refractivity contribution in [1.29, 1.82) is 0 Å². The van der Waals surface area contributed by atoms with Crippen LogP contribution in [0.1, 0.15) is 26.7 Å². The molecule has 0 amide bonds. The molecule has 0 aliphatic heterocycles. The van der Waals surface area contributed by atoms with Gasteiger partial charge in [0, 0.05) is 24.1 Å². The summed E-state index contributed by atoms with van der Waals surface area (Å²) in [6.07, 6.45) is 0.672. The van der Waals surface area contributed by atoms with E-state index in [9.17, 15) is 4.39 Å². The molecule has 0 atom stereocenters. The Bertz CT molecular complexity index is 528. The van der Waals surface area contributed by atoms with Crippen molar-refractivity contribution < 1.29 is 8.81 Å². The first-order valence-corrected chi connectivity index (χ1v) is 6.27. The summed E-state index contributed by atoms with van der Waals surface area (Å²) in [5.74, 6) is 0.722. The predicted molar refractivity (Wildman–Crippen MR) is 71.2 cm³/mol. The van der Waals surface area contributed by atoms with Crippen molar-refractivity contribution >= 4 is 0 Å². The van der Waals surface area contributed by atoms with Gasteiger partial charge in [0.15, 0.2) is 0 Å². The van der Waals surface area contributed by atoms with E-state index in [-0.39, 0.29) is 11.4 Å². The molecule has 0 saturated carbocycles. The largest absolute Gasteiger partial charge is 0.421 e. The van der Waals surface area contributed by atoms with E-state index in [1.807, 2.05) is 0 Å². The molecular weight excluding hydrogens is 245 g/mol. The van der Waals surface area contributed by atoms with Crippen LogP contribution in [0.4, 0.5) is 4.39 Å². The smallest absolute Gasteiger partial charge is 0.247 e. The van der Waals surface area contributed by atoms with Crippen molar-refractivity contribution in [3.8, 4) is 11.5 Å². The first-order chi connectivity index (χ1) is 8.94. The topological polar surface area (TPSA) is 51.0 Å². The van der Waals surface area contributed by atoms with Gasteiger partial charge in [0.25, 0.3) is 0 Å². The van der Waals surface area contributed by atoms with Gasteiger partial charge < -0.3 is 9.73 Å². The van der Waals surface area contributed by atoms with E-state index >= 15 is 0 Å². The number of rotatable bonds is 4. The molecular formula is C14H18FN3O. The van der Waals surface area contributed by atoms with E-state index in [2.05, 4.69) is 36.3 Å². The van der Waals surface area contributed by atoms with Crippen LogP contribution in [-0.4, -0.2) is 22.3 Å². The molecule has 1 N–H and O–H groups in total. The van der Waals surface area contributed by atoms with Crippen LogP contribution < -0.4 is 5.32 Å². The molecule has 0 fully saturated rings. The number of aromatic nitrogens is 2. The SMILES string of the molecule is CC(C)(C)NCCc1nnc(-c2ccc(F)cc2)o1. The summed E-state index contributed by atoms with van der Waals surface area (Å²) in [4.78, 5) is 0. The Balaban J connectivity index is 1.97. The molecule has 0 aliphatic carbocycles. The summed E-state index contributed by atoms with van der Waals surface area (Å²) in [6.45, 7) is 7.08. The fourth-order valence-corrected chi connectivity index (χ4v) is 1.61. The molecule has 4 nitrogen and oxygen atoms in total. The third-order valence-corrected chi connectivity index (χ3v) is 2.55. The lowest BCUT2D eigenvalue weighted by molar-refractivity contribution is 0.412. The first-order valence-electron chi connectivity index (χ1n) is 6.27. The number of hydrogen-bond acceptors (Lipinski definition) is 4. The van der Waals surface area contributed by atoms with Gasteiger partial charge in [-0.1, -0.05) is 0 Å². The van der Waals surface area contributed by atoms with Crippen molar-refractivity contribution in [2.24, 2.45) is 0 Å². The zero-order valence-corrected chi connectivity index (χ0v) is 11.4. The number of hydrogen-bond donors (Lipinski definition) is 1. The maximum absolute atomic E-state index is 12.8. The van der Waals surface area contributed by atoms with E-state index in [0.29, 0.717) is 18.2 Å². The standard InChI is InChI=1S/C14H18FN3O/c1-14(2,3)16-9-8-12-17-18-13(19-12)10-4-6-11(15)7-5-10/h4-7,16H,8-9H2,1-3H3. The van der Waals surface area contributed by atoms with Crippen LogP contribution in [-0.2, 0) is 6.42 Å². The molecule has 0 radical (unpaired) electrons. The molecule has 1 heterocycles. The monoisotopic (exact) mass is 263 g/mol. The van der Waals surface area contributed by atoms with Crippen LogP contribution in [0.15, 0.2) is 28.7 Å². The Kier molecular flexibility index (Phi) is 3.95. The van der Waals surface area contributed by atoms with E-state index in [1.54, 1.807) is 12.1 Å². The summed E-state index contributed by atoms with van der Waals surface area (Å²) in [7, 11) is 0. The third-order valence-electron chi connectivity index (χ3n) is 2.55. The van der Waals surface area contributed by atoms with Gasteiger partial charge in [0.1, 0.15) is 5.82 Å². The number of benzene rings is 1. The highest BCUT2D eigenvalue weighted by Gasteiger charge is 2.11. The van der Waals surface area contributed by atoms with Crippen molar-refractivity contribution in [3.05, 3.63) is 36.0 Å². The minimum absolute atomic E-state index is 0.0693. The highest BCUT2D eigenvalue weighted by molar-refractivity contribution is 5.51. The maximum atomic E-state index is 12.8. The molecule has 0 unspecified atom stereocenters. The molecule has 5 heteroatoms. The molecule has 0 spiro atoms. The lowest BCUT2D eigenvalue weighted by atomic mass is 10.1. The van der Waals surface area contributed by atoms with Crippen LogP contribution >= 0.6 is 0 Å². The van der Waals surface area contributed by atoms with Crippen LogP contribution in [0.25, 0.3) is 11.5 Å². The van der Waals surface area contributed by atoms with E-state index in [4.69, 9.17) is 4.42 Å². The molecule has 2 aromatic rings. The Morgan fingerprint density at radius 1 is 1.16 bits per heavy atom. The number of nitrogens with zero attached hydrogens (tertiary/aromatic N) is 2. The highest BCUT2D eigenvalue weighted by atomic mass is 19.1. The summed E-state index contributed by atoms with van der Waals surface area (Å²) in [5.41, 5.74) is 0.795. The van der Waals surface area contributed by atoms with Crippen molar-refractivity contribution in [2.45, 2.75) is 32.7 Å². The third kappa shape index (κ3) is 4.13. The average molecular weight is 263 g/mol. The average Bonchev–Trinajstić information content (AvgIpc) is 2.77. The molecule has 19 heavy (non-hydrogen) atoms. The highest BCUT2D eigenvalue weighted by Crippen LogP contribution is 2.18. The predicted octanol–water partition coefficient (Wildman–Crippen LogP) is 2.81. The van der Waals surface area contributed by atoms with Gasteiger partial charge in [-0.05, 0) is 45.0 Å². The zero-order valence-electron chi connectivity index (χ0n) is 11.4. The second-order valence-corrected chi connectivity index (χ2v) is 5.43. The Morgan fingerprint density at radius 3 is 2.47 bits per heavy atom. The van der Waals surface area contributed by atoms with E-state index in [1.165, 1.54) is 12.1 Å². The van der Waals surface area contributed by atoms with Crippen LogP contribution in [0, 0.1) is 5.82 Å². The van der Waals surface area contributed by atoms with Crippen LogP contribution in [0.3, 0.4) is 0 Å². The van der Waals surface area contributed by atoms with Crippen molar-refractivity contribution in [1.82, 2.24) is 15.5 Å². The second-order valence-electron chi connectivity index (χ2n) is 5.43. The molecule has 102 valence electrons. The number of nitrogens with one attached hydrogen (secondary N) is 1.